The van der Waals surface area contributed by atoms with Gasteiger partial charge in [-0.2, -0.15) is 0 Å². The lowest BCUT2D eigenvalue weighted by molar-refractivity contribution is 0.482. The number of phenolic OH excluding ortho intramolecular Hbond substituents is 1. The van der Waals surface area contributed by atoms with Gasteiger partial charge in [-0.25, -0.2) is 0 Å². The van der Waals surface area contributed by atoms with Crippen molar-refractivity contribution in [2.45, 2.75) is 50.8 Å². The molecule has 22 heavy (non-hydrogen) atoms. The van der Waals surface area contributed by atoms with Crippen LogP contribution < -0.4 is 5.32 Å². The summed E-state index contributed by atoms with van der Waals surface area (Å²) in [6.45, 7) is 9.60. The zero-order chi connectivity index (χ0) is 16.1. The Bertz CT molecular complexity index is 717. The molecule has 1 aliphatic heterocycles. The molecular weight excluding hydrogens is 294 g/mol. The highest BCUT2D eigenvalue weighted by Crippen LogP contribution is 2.45. The predicted molar refractivity (Wildman–Crippen MR) is 95.5 cm³/mol. The molecule has 2 aromatic carbocycles. The molecule has 2 aromatic rings. The molecule has 0 saturated carbocycles. The molecule has 2 atom stereocenters. The maximum Gasteiger partial charge on any atom is 0.125 e. The summed E-state index contributed by atoms with van der Waals surface area (Å²) in [5.74, 6) is 0.630. The van der Waals surface area contributed by atoms with Crippen molar-refractivity contribution in [3.05, 3.63) is 35.4 Å². The van der Waals surface area contributed by atoms with Crippen LogP contribution >= 0.6 is 11.6 Å². The first-order valence-corrected chi connectivity index (χ1v) is 8.44. The number of hydrogen-bond donors (Lipinski definition) is 2. The Balaban J connectivity index is 2.27. The minimum Gasteiger partial charge on any atom is -0.507 e. The number of alkyl halides is 1. The molecule has 0 amide bonds. The fourth-order valence-electron chi connectivity index (χ4n) is 3.36. The summed E-state index contributed by atoms with van der Waals surface area (Å²) < 4.78 is 0. The number of rotatable bonds is 2. The summed E-state index contributed by atoms with van der Waals surface area (Å²) in [5, 5.41) is 15.9. The normalized spacial score (nSPS) is 19.0. The van der Waals surface area contributed by atoms with Crippen LogP contribution in [0.1, 0.15) is 51.2 Å². The number of anilines is 1. The third-order valence-electron chi connectivity index (χ3n) is 4.73. The van der Waals surface area contributed by atoms with Crippen LogP contribution in [0.4, 0.5) is 5.69 Å². The molecule has 0 unspecified atom stereocenters. The van der Waals surface area contributed by atoms with Crippen LogP contribution in [0.5, 0.6) is 5.75 Å². The SMILES string of the molecule is CC[C@@H](Cl)[C@@H]1CNc2cc(O)c3ccc(C(C)(C)C)cc3c21. The molecule has 0 bridgehead atoms. The van der Waals surface area contributed by atoms with Gasteiger partial charge in [-0.15, -0.1) is 11.6 Å². The number of phenols is 1. The van der Waals surface area contributed by atoms with Crippen molar-refractivity contribution in [3.63, 3.8) is 0 Å². The average Bonchev–Trinajstić information content (AvgIpc) is 2.89. The highest BCUT2D eigenvalue weighted by atomic mass is 35.5. The molecule has 0 aliphatic carbocycles. The van der Waals surface area contributed by atoms with E-state index in [1.54, 1.807) is 0 Å². The summed E-state index contributed by atoms with van der Waals surface area (Å²) in [4.78, 5) is 0. The average molecular weight is 318 g/mol. The lowest BCUT2D eigenvalue weighted by atomic mass is 9.83. The summed E-state index contributed by atoms with van der Waals surface area (Å²) in [7, 11) is 0. The van der Waals surface area contributed by atoms with Crippen LogP contribution in [0.15, 0.2) is 24.3 Å². The van der Waals surface area contributed by atoms with Gasteiger partial charge in [0.05, 0.1) is 0 Å². The van der Waals surface area contributed by atoms with Crippen molar-refractivity contribution in [3.8, 4) is 5.75 Å². The zero-order valence-electron chi connectivity index (χ0n) is 13.7. The van der Waals surface area contributed by atoms with Gasteiger partial charge in [0.15, 0.2) is 0 Å². The van der Waals surface area contributed by atoms with Gasteiger partial charge in [0.1, 0.15) is 5.75 Å². The quantitative estimate of drug-likeness (QED) is 0.730. The van der Waals surface area contributed by atoms with Gasteiger partial charge in [0.25, 0.3) is 0 Å². The molecule has 0 aromatic heterocycles. The minimum atomic E-state index is 0.0825. The molecule has 2 N–H and O–H groups in total. The highest BCUT2D eigenvalue weighted by Gasteiger charge is 2.31. The number of halogens is 1. The van der Waals surface area contributed by atoms with E-state index >= 15 is 0 Å². The molecule has 3 rings (SSSR count). The first-order valence-electron chi connectivity index (χ1n) is 8.01. The Morgan fingerprint density at radius 2 is 2.00 bits per heavy atom. The molecule has 0 spiro atoms. The van der Waals surface area contributed by atoms with Gasteiger partial charge in [-0.3, -0.25) is 0 Å². The van der Waals surface area contributed by atoms with Crippen molar-refractivity contribution in [2.75, 3.05) is 11.9 Å². The third kappa shape index (κ3) is 2.44. The van der Waals surface area contributed by atoms with E-state index in [0.717, 1.165) is 29.4 Å². The van der Waals surface area contributed by atoms with Crippen molar-refractivity contribution in [1.29, 1.82) is 0 Å². The Morgan fingerprint density at radius 1 is 1.27 bits per heavy atom. The second-order valence-electron chi connectivity index (χ2n) is 7.28. The molecule has 1 aliphatic rings. The minimum absolute atomic E-state index is 0.0825. The topological polar surface area (TPSA) is 32.3 Å². The van der Waals surface area contributed by atoms with Gasteiger partial charge in [-0.1, -0.05) is 45.9 Å². The first kappa shape index (κ1) is 15.5. The largest absolute Gasteiger partial charge is 0.507 e. The van der Waals surface area contributed by atoms with Crippen LogP contribution in [-0.4, -0.2) is 17.0 Å². The van der Waals surface area contributed by atoms with Crippen molar-refractivity contribution < 1.29 is 5.11 Å². The summed E-state index contributed by atoms with van der Waals surface area (Å²) >= 11 is 6.57. The van der Waals surface area contributed by atoms with E-state index in [1.807, 2.05) is 12.1 Å². The maximum atomic E-state index is 10.3. The number of nitrogens with one attached hydrogen (secondary N) is 1. The van der Waals surface area contributed by atoms with E-state index in [0.29, 0.717) is 11.7 Å². The predicted octanol–water partition coefficient (Wildman–Crippen LogP) is 5.37. The number of aromatic hydroxyl groups is 1. The zero-order valence-corrected chi connectivity index (χ0v) is 14.5. The Morgan fingerprint density at radius 3 is 2.64 bits per heavy atom. The fourth-order valence-corrected chi connectivity index (χ4v) is 3.57. The fraction of sp³-hybridized carbons (Fsp3) is 0.474. The summed E-state index contributed by atoms with van der Waals surface area (Å²) in [5.41, 5.74) is 3.65. The van der Waals surface area contributed by atoms with Crippen LogP contribution in [-0.2, 0) is 5.41 Å². The van der Waals surface area contributed by atoms with Crippen LogP contribution in [0.3, 0.4) is 0 Å². The molecule has 0 saturated heterocycles. The van der Waals surface area contributed by atoms with Crippen LogP contribution in [0, 0.1) is 0 Å². The molecular formula is C19H24ClNO. The van der Waals surface area contributed by atoms with Gasteiger partial charge >= 0.3 is 0 Å². The van der Waals surface area contributed by atoms with E-state index in [9.17, 15) is 5.11 Å². The summed E-state index contributed by atoms with van der Waals surface area (Å²) in [6.07, 6.45) is 0.939. The lowest BCUT2D eigenvalue weighted by Gasteiger charge is -2.22. The summed E-state index contributed by atoms with van der Waals surface area (Å²) in [6, 6.07) is 8.22. The van der Waals surface area contributed by atoms with E-state index in [4.69, 9.17) is 11.6 Å². The van der Waals surface area contributed by atoms with E-state index in [-0.39, 0.29) is 10.8 Å². The number of fused-ring (bicyclic) bond motifs is 3. The Kier molecular flexibility index (Phi) is 3.76. The van der Waals surface area contributed by atoms with Crippen molar-refractivity contribution >= 4 is 28.1 Å². The smallest absolute Gasteiger partial charge is 0.125 e. The lowest BCUT2D eigenvalue weighted by Crippen LogP contribution is -2.14. The number of benzene rings is 2. The van der Waals surface area contributed by atoms with Crippen LogP contribution in [0.2, 0.25) is 0 Å². The Hall–Kier alpha value is -1.41. The van der Waals surface area contributed by atoms with Gasteiger partial charge in [0, 0.05) is 35.0 Å². The van der Waals surface area contributed by atoms with Gasteiger partial charge < -0.3 is 10.4 Å². The van der Waals surface area contributed by atoms with E-state index in [1.165, 1.54) is 11.1 Å². The van der Waals surface area contributed by atoms with Crippen molar-refractivity contribution in [2.24, 2.45) is 0 Å². The van der Waals surface area contributed by atoms with E-state index in [2.05, 4.69) is 45.1 Å². The van der Waals surface area contributed by atoms with Crippen molar-refractivity contribution in [1.82, 2.24) is 0 Å². The maximum absolute atomic E-state index is 10.3. The first-order chi connectivity index (χ1) is 10.3. The molecule has 118 valence electrons. The second-order valence-corrected chi connectivity index (χ2v) is 7.84. The third-order valence-corrected chi connectivity index (χ3v) is 5.35. The molecule has 1 heterocycles. The van der Waals surface area contributed by atoms with Gasteiger partial charge in [0.2, 0.25) is 0 Å². The van der Waals surface area contributed by atoms with Gasteiger partial charge in [-0.05, 0) is 28.3 Å². The molecule has 2 nitrogen and oxygen atoms in total. The second kappa shape index (κ2) is 5.34. The molecule has 0 fully saturated rings. The highest BCUT2D eigenvalue weighted by molar-refractivity contribution is 6.21. The monoisotopic (exact) mass is 317 g/mol. The van der Waals surface area contributed by atoms with Crippen LogP contribution in [0.25, 0.3) is 10.8 Å². The molecule has 0 radical (unpaired) electrons. The molecule has 3 heteroatoms. The number of hydrogen-bond acceptors (Lipinski definition) is 2. The van der Waals surface area contributed by atoms with E-state index < -0.39 is 0 Å². The standard InChI is InChI=1S/C19H24ClNO/c1-5-15(20)14-10-21-16-9-17(22)12-7-6-11(19(2,3)4)8-13(12)18(14)16/h6-9,14-15,21-22H,5,10H2,1-4H3/t14-,15+/m0/s1. The Labute approximate surface area is 137 Å².